The average molecular weight is 613 g/mol. The molecule has 4 rings (SSSR count). The summed E-state index contributed by atoms with van der Waals surface area (Å²) in [4.78, 5) is 72.8. The molecule has 0 aromatic heterocycles. The minimum Gasteiger partial charge on any atom is -0.482 e. The first-order valence-electron chi connectivity index (χ1n) is 13.1. The Morgan fingerprint density at radius 3 is 0.800 bits per heavy atom. The summed E-state index contributed by atoms with van der Waals surface area (Å²) in [5.41, 5.74) is 0.602. The van der Waals surface area contributed by atoms with E-state index in [1.165, 1.54) is 91.0 Å². The molecule has 0 atom stereocenters. The molecule has 4 aromatic rings. The van der Waals surface area contributed by atoms with Crippen molar-refractivity contribution in [1.29, 1.82) is 0 Å². The van der Waals surface area contributed by atoms with Crippen LogP contribution in [0.2, 0.25) is 0 Å². The van der Waals surface area contributed by atoms with Gasteiger partial charge in [0.1, 0.15) is 17.2 Å². The van der Waals surface area contributed by atoms with Crippen LogP contribution in [0.25, 0.3) is 0 Å². The van der Waals surface area contributed by atoms with Crippen LogP contribution < -0.4 is 14.2 Å². The van der Waals surface area contributed by atoms with E-state index in [-0.39, 0.29) is 50.6 Å². The summed E-state index contributed by atoms with van der Waals surface area (Å²) in [6.45, 7) is -1.70. The highest BCUT2D eigenvalue weighted by Crippen LogP contribution is 2.23. The van der Waals surface area contributed by atoms with Crippen molar-refractivity contribution >= 4 is 35.3 Å². The molecule has 228 valence electrons. The van der Waals surface area contributed by atoms with Crippen molar-refractivity contribution in [2.75, 3.05) is 19.8 Å². The highest BCUT2D eigenvalue weighted by atomic mass is 16.5. The Bertz CT molecular complexity index is 1530. The molecular weight excluding hydrogens is 588 g/mol. The summed E-state index contributed by atoms with van der Waals surface area (Å²) in [7, 11) is 0. The number of ether oxygens (including phenoxy) is 3. The number of carboxylic acid groups (broad SMARTS) is 3. The van der Waals surface area contributed by atoms with Crippen molar-refractivity contribution in [3.63, 3.8) is 0 Å². The van der Waals surface area contributed by atoms with Crippen LogP contribution in [0.3, 0.4) is 0 Å². The SMILES string of the molecule is O=C(O)COc1ccc(C(=O)c2cc(C(=O)c3ccc(OCC(=O)O)cc3)cc(C(=O)c3ccc(OCC(=O)O)cc3)c2)cc1. The van der Waals surface area contributed by atoms with Gasteiger partial charge in [-0.25, -0.2) is 14.4 Å². The molecule has 0 spiro atoms. The van der Waals surface area contributed by atoms with Gasteiger partial charge in [0.05, 0.1) is 0 Å². The maximum Gasteiger partial charge on any atom is 0.341 e. The van der Waals surface area contributed by atoms with Gasteiger partial charge in [0.2, 0.25) is 0 Å². The van der Waals surface area contributed by atoms with Crippen molar-refractivity contribution in [2.45, 2.75) is 0 Å². The van der Waals surface area contributed by atoms with E-state index in [1.54, 1.807) is 0 Å². The minimum absolute atomic E-state index is 0.0197. The third kappa shape index (κ3) is 8.61. The van der Waals surface area contributed by atoms with Crippen molar-refractivity contribution in [3.8, 4) is 17.2 Å². The third-order valence-electron chi connectivity index (χ3n) is 6.16. The molecule has 0 amide bonds. The molecule has 0 aliphatic rings. The van der Waals surface area contributed by atoms with Crippen LogP contribution in [0.5, 0.6) is 17.2 Å². The van der Waals surface area contributed by atoms with Crippen LogP contribution in [0, 0.1) is 0 Å². The number of hydrogen-bond acceptors (Lipinski definition) is 9. The van der Waals surface area contributed by atoms with E-state index in [9.17, 15) is 28.8 Å². The lowest BCUT2D eigenvalue weighted by molar-refractivity contribution is -0.140. The van der Waals surface area contributed by atoms with E-state index in [4.69, 9.17) is 29.5 Å². The molecule has 0 radical (unpaired) electrons. The number of carbonyl (C=O) groups is 6. The second-order valence-corrected chi connectivity index (χ2v) is 9.41. The molecule has 0 aliphatic heterocycles. The summed E-state index contributed by atoms with van der Waals surface area (Å²) >= 11 is 0. The standard InChI is InChI=1S/C33H24O12/c34-28(35)16-43-25-7-1-19(2-8-25)31(40)22-13-23(32(41)20-3-9-26(10-4-20)44-17-29(36)37)15-24(14-22)33(42)21-5-11-27(12-6-21)45-18-30(38)39/h1-15H,16-18H2,(H,34,35)(H,36,37)(H,38,39). The predicted octanol–water partition coefficient (Wildman–Crippen LogP) is 3.77. The van der Waals surface area contributed by atoms with Crippen LogP contribution >= 0.6 is 0 Å². The van der Waals surface area contributed by atoms with Gasteiger partial charge in [-0.3, -0.25) is 14.4 Å². The molecule has 12 nitrogen and oxygen atoms in total. The van der Waals surface area contributed by atoms with E-state index in [1.807, 2.05) is 0 Å². The molecule has 0 unspecified atom stereocenters. The van der Waals surface area contributed by atoms with Gasteiger partial charge in [0.25, 0.3) is 0 Å². The molecule has 3 N–H and O–H groups in total. The summed E-state index contributed by atoms with van der Waals surface area (Å²) in [6, 6.07) is 21.0. The molecule has 4 aromatic carbocycles. The van der Waals surface area contributed by atoms with Crippen molar-refractivity contribution in [3.05, 3.63) is 124 Å². The van der Waals surface area contributed by atoms with Crippen molar-refractivity contribution < 1.29 is 58.3 Å². The van der Waals surface area contributed by atoms with Gasteiger partial charge in [-0.1, -0.05) is 0 Å². The zero-order chi connectivity index (χ0) is 32.5. The van der Waals surface area contributed by atoms with Gasteiger partial charge in [0, 0.05) is 33.4 Å². The second kappa shape index (κ2) is 14.2. The van der Waals surface area contributed by atoms with E-state index in [0.29, 0.717) is 0 Å². The van der Waals surface area contributed by atoms with Crippen molar-refractivity contribution in [2.24, 2.45) is 0 Å². The van der Waals surface area contributed by atoms with Gasteiger partial charge < -0.3 is 29.5 Å². The van der Waals surface area contributed by atoms with Crippen molar-refractivity contribution in [1.82, 2.24) is 0 Å². The summed E-state index contributed by atoms with van der Waals surface area (Å²) in [5, 5.41) is 26.4. The van der Waals surface area contributed by atoms with E-state index in [2.05, 4.69) is 0 Å². The summed E-state index contributed by atoms with van der Waals surface area (Å²) in [6.07, 6.45) is 0. The molecule has 0 heterocycles. The summed E-state index contributed by atoms with van der Waals surface area (Å²) in [5.74, 6) is -4.42. The first-order chi connectivity index (χ1) is 21.5. The van der Waals surface area contributed by atoms with E-state index >= 15 is 0 Å². The lowest BCUT2D eigenvalue weighted by Crippen LogP contribution is -2.12. The fraction of sp³-hybridized carbons (Fsp3) is 0.0909. The predicted molar refractivity (Wildman–Crippen MR) is 155 cm³/mol. The van der Waals surface area contributed by atoms with Gasteiger partial charge in [-0.05, 0) is 91.0 Å². The van der Waals surface area contributed by atoms with Crippen LogP contribution in [0.15, 0.2) is 91.0 Å². The zero-order valence-electron chi connectivity index (χ0n) is 23.3. The third-order valence-corrected chi connectivity index (χ3v) is 6.16. The molecule has 12 heteroatoms. The number of ketones is 3. The van der Waals surface area contributed by atoms with Crippen LogP contribution in [0.4, 0.5) is 0 Å². The van der Waals surface area contributed by atoms with Crippen LogP contribution in [-0.4, -0.2) is 70.4 Å². The number of aliphatic carboxylic acids is 3. The topological polar surface area (TPSA) is 191 Å². The average Bonchev–Trinajstić information content (AvgIpc) is 3.05. The van der Waals surface area contributed by atoms with E-state index in [0.717, 1.165) is 0 Å². The largest absolute Gasteiger partial charge is 0.482 e. The zero-order valence-corrected chi connectivity index (χ0v) is 23.3. The Balaban J connectivity index is 1.67. The number of hydrogen-bond donors (Lipinski definition) is 3. The Morgan fingerprint density at radius 1 is 0.378 bits per heavy atom. The molecule has 0 saturated carbocycles. The molecule has 0 saturated heterocycles. The minimum atomic E-state index is -1.17. The van der Waals surface area contributed by atoms with Gasteiger partial charge in [-0.15, -0.1) is 0 Å². The number of carboxylic acids is 3. The lowest BCUT2D eigenvalue weighted by atomic mass is 9.92. The Hall–Kier alpha value is -6.30. The molecule has 0 bridgehead atoms. The van der Waals surface area contributed by atoms with Crippen LogP contribution in [0.1, 0.15) is 47.8 Å². The molecule has 0 fully saturated rings. The maximum atomic E-state index is 13.5. The number of benzene rings is 4. The number of rotatable bonds is 15. The fourth-order valence-electron chi connectivity index (χ4n) is 4.06. The second-order valence-electron chi connectivity index (χ2n) is 9.41. The normalized spacial score (nSPS) is 10.4. The Morgan fingerprint density at radius 2 is 0.600 bits per heavy atom. The fourth-order valence-corrected chi connectivity index (χ4v) is 4.06. The maximum absolute atomic E-state index is 13.5. The molecule has 0 aliphatic carbocycles. The highest BCUT2D eigenvalue weighted by Gasteiger charge is 2.20. The van der Waals surface area contributed by atoms with Gasteiger partial charge in [-0.2, -0.15) is 0 Å². The van der Waals surface area contributed by atoms with E-state index < -0.39 is 55.1 Å². The Labute approximate surface area is 255 Å². The highest BCUT2D eigenvalue weighted by molar-refractivity contribution is 6.17. The first kappa shape index (κ1) is 31.6. The lowest BCUT2D eigenvalue weighted by Gasteiger charge is -2.11. The number of carbonyl (C=O) groups excluding carboxylic acids is 3. The molecule has 45 heavy (non-hydrogen) atoms. The smallest absolute Gasteiger partial charge is 0.341 e. The van der Waals surface area contributed by atoms with Gasteiger partial charge >= 0.3 is 17.9 Å². The van der Waals surface area contributed by atoms with Crippen LogP contribution in [-0.2, 0) is 14.4 Å². The monoisotopic (exact) mass is 612 g/mol. The van der Waals surface area contributed by atoms with Gasteiger partial charge in [0.15, 0.2) is 37.2 Å². The Kier molecular flexibility index (Phi) is 10.0. The molecular formula is C33H24O12. The summed E-state index contributed by atoms with van der Waals surface area (Å²) < 4.78 is 15.3. The first-order valence-corrected chi connectivity index (χ1v) is 13.1. The quantitative estimate of drug-likeness (QED) is 0.165.